The number of rotatable bonds is 9. The average Bonchev–Trinajstić information content (AvgIpc) is 2.60. The number of carboxylic acid groups (broad SMARTS) is 1. The first-order valence-corrected chi connectivity index (χ1v) is 8.62. The van der Waals surface area contributed by atoms with Crippen LogP contribution in [-0.4, -0.2) is 61.6 Å². The lowest BCUT2D eigenvalue weighted by Crippen LogP contribution is -2.35. The van der Waals surface area contributed by atoms with Crippen molar-refractivity contribution in [3.63, 3.8) is 0 Å². The van der Waals surface area contributed by atoms with Crippen molar-refractivity contribution in [1.29, 1.82) is 0 Å². The summed E-state index contributed by atoms with van der Waals surface area (Å²) in [4.78, 5) is 11.1. The molecule has 1 N–H and O–H groups in total. The van der Waals surface area contributed by atoms with Gasteiger partial charge in [0.25, 0.3) is 0 Å². The van der Waals surface area contributed by atoms with E-state index >= 15 is 0 Å². The molecule has 0 saturated heterocycles. The number of carboxylic acids is 1. The number of hydrogen-bond donors (Lipinski definition) is 1. The van der Waals surface area contributed by atoms with Gasteiger partial charge in [-0.1, -0.05) is 12.1 Å². The molecule has 0 aromatic heterocycles. The second-order valence-electron chi connectivity index (χ2n) is 6.12. The van der Waals surface area contributed by atoms with Gasteiger partial charge < -0.3 is 14.6 Å². The predicted molar refractivity (Wildman–Crippen MR) is 93.8 cm³/mol. The normalized spacial score (nSPS) is 12.0. The van der Waals surface area contributed by atoms with Crippen molar-refractivity contribution >= 4 is 5.97 Å². The molecule has 1 aromatic carbocycles. The highest BCUT2D eigenvalue weighted by molar-refractivity contribution is 5.73. The maximum absolute atomic E-state index is 12.8. The molecule has 0 unspecified atom stereocenters. The van der Waals surface area contributed by atoms with E-state index in [0.29, 0.717) is 19.1 Å². The zero-order valence-corrected chi connectivity index (χ0v) is 16.3. The molecule has 5 nitrogen and oxygen atoms in total. The van der Waals surface area contributed by atoms with E-state index in [1.165, 1.54) is 12.1 Å². The summed E-state index contributed by atoms with van der Waals surface area (Å²) in [5.41, 5.74) is -0.727. The van der Waals surface area contributed by atoms with Gasteiger partial charge in [0.2, 0.25) is 0 Å². The van der Waals surface area contributed by atoms with Crippen molar-refractivity contribution in [2.45, 2.75) is 38.7 Å². The molecule has 168 valence electrons. The molecule has 0 heterocycles. The number of methoxy groups -OCH3 is 1. The van der Waals surface area contributed by atoms with E-state index < -0.39 is 23.9 Å². The van der Waals surface area contributed by atoms with E-state index in [0.717, 1.165) is 19.2 Å². The second kappa shape index (κ2) is 12.5. The van der Waals surface area contributed by atoms with Crippen molar-refractivity contribution in [1.82, 2.24) is 4.90 Å². The van der Waals surface area contributed by atoms with E-state index in [4.69, 9.17) is 19.4 Å². The van der Waals surface area contributed by atoms with E-state index in [-0.39, 0.29) is 12.4 Å². The Kier molecular flexibility index (Phi) is 11.7. The van der Waals surface area contributed by atoms with Gasteiger partial charge in [-0.15, -0.1) is 0 Å². The highest BCUT2D eigenvalue weighted by Crippen LogP contribution is 2.35. The number of nitrogens with zero attached hydrogens (tertiary/aromatic N) is 1. The number of hydrogen-bond acceptors (Lipinski definition) is 4. The van der Waals surface area contributed by atoms with Gasteiger partial charge in [0.15, 0.2) is 0 Å². The van der Waals surface area contributed by atoms with Crippen LogP contribution in [0.2, 0.25) is 0 Å². The molecule has 1 rings (SSSR count). The molecule has 0 aliphatic heterocycles. The first-order chi connectivity index (χ1) is 13.3. The van der Waals surface area contributed by atoms with Crippen LogP contribution in [0.3, 0.4) is 0 Å². The molecular formula is C18H25F6NO4. The molecule has 11 heteroatoms. The van der Waals surface area contributed by atoms with Gasteiger partial charge in [-0.3, -0.25) is 4.90 Å². The summed E-state index contributed by atoms with van der Waals surface area (Å²) >= 11 is 0. The topological polar surface area (TPSA) is 59.0 Å². The first-order valence-electron chi connectivity index (χ1n) is 8.62. The minimum absolute atomic E-state index is 0.108. The van der Waals surface area contributed by atoms with E-state index in [9.17, 15) is 26.3 Å². The molecule has 0 saturated carbocycles. The number of alkyl halides is 6. The third-order valence-electron chi connectivity index (χ3n) is 3.60. The lowest BCUT2D eigenvalue weighted by molar-refractivity contribution is -0.192. The van der Waals surface area contributed by atoms with Gasteiger partial charge in [0.05, 0.1) is 18.8 Å². The van der Waals surface area contributed by atoms with Gasteiger partial charge in [0, 0.05) is 26.2 Å². The van der Waals surface area contributed by atoms with Crippen molar-refractivity contribution < 1.29 is 45.7 Å². The Morgan fingerprint density at radius 2 is 1.62 bits per heavy atom. The third kappa shape index (κ3) is 11.5. The Labute approximate surface area is 165 Å². The Bertz CT molecular complexity index is 605. The summed E-state index contributed by atoms with van der Waals surface area (Å²) < 4.78 is 80.6. The molecule has 0 fully saturated rings. The van der Waals surface area contributed by atoms with Gasteiger partial charge in [-0.05, 0) is 32.4 Å². The standard InChI is InChI=1S/C16H24F3NO2.C2HF3O2/c1-13(2)20(10-12-21-3)9-6-11-22-15-8-5-4-7-14(15)16(17,18)19;3-2(4,5)1(6)7/h4-5,7-8,13H,6,9-12H2,1-3H3;(H,6,7). The van der Waals surface area contributed by atoms with Gasteiger partial charge >= 0.3 is 18.3 Å². The molecule has 0 bridgehead atoms. The number of para-hydroxylation sites is 1. The summed E-state index contributed by atoms with van der Waals surface area (Å²) in [6.07, 6.45) is -8.81. The Morgan fingerprint density at radius 1 is 1.07 bits per heavy atom. The van der Waals surface area contributed by atoms with Crippen LogP contribution >= 0.6 is 0 Å². The molecule has 0 radical (unpaired) electrons. The minimum atomic E-state index is -5.08. The number of ether oxygens (including phenoxy) is 2. The zero-order chi connectivity index (χ0) is 22.7. The monoisotopic (exact) mass is 433 g/mol. The number of aliphatic carboxylic acids is 1. The SMILES string of the molecule is COCCN(CCCOc1ccccc1C(F)(F)F)C(C)C.O=C(O)C(F)(F)F. The van der Waals surface area contributed by atoms with E-state index in [2.05, 4.69) is 18.7 Å². The highest BCUT2D eigenvalue weighted by Gasteiger charge is 2.38. The average molecular weight is 433 g/mol. The molecule has 0 spiro atoms. The number of halogens is 6. The van der Waals surface area contributed by atoms with Crippen LogP contribution in [0.5, 0.6) is 5.75 Å². The molecule has 0 aliphatic rings. The maximum atomic E-state index is 12.8. The van der Waals surface area contributed by atoms with Crippen molar-refractivity contribution in [2.24, 2.45) is 0 Å². The lowest BCUT2D eigenvalue weighted by atomic mass is 10.2. The molecule has 1 aromatic rings. The Hall–Kier alpha value is -2.01. The lowest BCUT2D eigenvalue weighted by Gasteiger charge is -2.26. The van der Waals surface area contributed by atoms with Crippen LogP contribution < -0.4 is 4.74 Å². The summed E-state index contributed by atoms with van der Waals surface area (Å²) in [7, 11) is 1.65. The zero-order valence-electron chi connectivity index (χ0n) is 16.3. The third-order valence-corrected chi connectivity index (χ3v) is 3.60. The van der Waals surface area contributed by atoms with Gasteiger partial charge in [-0.2, -0.15) is 26.3 Å². The smallest absolute Gasteiger partial charge is 0.490 e. The molecule has 0 amide bonds. The van der Waals surface area contributed by atoms with E-state index in [1.807, 2.05) is 0 Å². The largest absolute Gasteiger partial charge is 0.493 e. The van der Waals surface area contributed by atoms with Crippen molar-refractivity contribution in [2.75, 3.05) is 33.4 Å². The van der Waals surface area contributed by atoms with E-state index in [1.54, 1.807) is 13.2 Å². The molecular weight excluding hydrogens is 408 g/mol. The van der Waals surface area contributed by atoms with Crippen LogP contribution in [0.15, 0.2) is 24.3 Å². The highest BCUT2D eigenvalue weighted by atomic mass is 19.4. The summed E-state index contributed by atoms with van der Waals surface area (Å²) in [6.45, 7) is 6.60. The maximum Gasteiger partial charge on any atom is 0.490 e. The summed E-state index contributed by atoms with van der Waals surface area (Å²) in [6, 6.07) is 5.66. The quantitative estimate of drug-likeness (QED) is 0.460. The van der Waals surface area contributed by atoms with Gasteiger partial charge in [-0.25, -0.2) is 4.79 Å². The summed E-state index contributed by atoms with van der Waals surface area (Å²) in [5.74, 6) is -2.87. The van der Waals surface area contributed by atoms with Crippen LogP contribution in [0, 0.1) is 0 Å². The second-order valence-corrected chi connectivity index (χ2v) is 6.12. The van der Waals surface area contributed by atoms with Crippen LogP contribution in [-0.2, 0) is 15.7 Å². The Morgan fingerprint density at radius 3 is 2.07 bits per heavy atom. The van der Waals surface area contributed by atoms with Crippen molar-refractivity contribution in [3.8, 4) is 5.75 Å². The molecule has 0 atom stereocenters. The van der Waals surface area contributed by atoms with Crippen LogP contribution in [0.25, 0.3) is 0 Å². The fourth-order valence-electron chi connectivity index (χ4n) is 2.11. The number of carbonyl (C=O) groups is 1. The Balaban J connectivity index is 0.000000956. The number of benzene rings is 1. The van der Waals surface area contributed by atoms with Crippen LogP contribution in [0.1, 0.15) is 25.8 Å². The fraction of sp³-hybridized carbons (Fsp3) is 0.611. The first kappa shape index (κ1) is 27.0. The predicted octanol–water partition coefficient (Wildman–Crippen LogP) is 4.46. The molecule has 0 aliphatic carbocycles. The molecule has 29 heavy (non-hydrogen) atoms. The minimum Gasteiger partial charge on any atom is -0.493 e. The summed E-state index contributed by atoms with van der Waals surface area (Å²) in [5, 5.41) is 7.12. The van der Waals surface area contributed by atoms with Crippen molar-refractivity contribution in [3.05, 3.63) is 29.8 Å². The van der Waals surface area contributed by atoms with Gasteiger partial charge in [0.1, 0.15) is 5.75 Å². The van der Waals surface area contributed by atoms with Crippen LogP contribution in [0.4, 0.5) is 26.3 Å². The fourth-order valence-corrected chi connectivity index (χ4v) is 2.11.